The number of thioether (sulfide) groups is 1. The van der Waals surface area contributed by atoms with Crippen LogP contribution in [0.4, 0.5) is 0 Å². The van der Waals surface area contributed by atoms with E-state index in [-0.39, 0.29) is 17.6 Å². The minimum absolute atomic E-state index is 0.0908. The number of unbranched alkanes of at least 4 members (excludes halogenated alkanes) is 1. The molecule has 0 saturated heterocycles. The molecule has 2 rings (SSSR count). The number of carbonyl (C=O) groups is 2. The van der Waals surface area contributed by atoms with E-state index in [0.717, 1.165) is 29.5 Å². The van der Waals surface area contributed by atoms with E-state index in [4.69, 9.17) is 23.2 Å². The highest BCUT2D eigenvalue weighted by molar-refractivity contribution is 7.99. The average Bonchev–Trinajstić information content (AvgIpc) is 2.75. The Morgan fingerprint density at radius 3 is 2.35 bits per heavy atom. The zero-order valence-corrected chi connectivity index (χ0v) is 20.6. The van der Waals surface area contributed by atoms with Crippen molar-refractivity contribution in [2.24, 2.45) is 0 Å². The molecule has 4 nitrogen and oxygen atoms in total. The maximum atomic E-state index is 13.1. The van der Waals surface area contributed by atoms with Gasteiger partial charge in [-0.25, -0.2) is 0 Å². The molecule has 2 aromatic carbocycles. The molecule has 1 N–H and O–H groups in total. The first-order valence-electron chi connectivity index (χ1n) is 10.5. The van der Waals surface area contributed by atoms with E-state index in [1.54, 1.807) is 30.0 Å². The van der Waals surface area contributed by atoms with Gasteiger partial charge in [0.15, 0.2) is 0 Å². The van der Waals surface area contributed by atoms with Crippen LogP contribution in [0.3, 0.4) is 0 Å². The molecule has 0 aliphatic rings. The zero-order valence-electron chi connectivity index (χ0n) is 18.3. The van der Waals surface area contributed by atoms with Crippen LogP contribution in [-0.2, 0) is 21.9 Å². The summed E-state index contributed by atoms with van der Waals surface area (Å²) in [4.78, 5) is 27.4. The number of carbonyl (C=O) groups excluding carboxylic acids is 2. The third-order valence-electron chi connectivity index (χ3n) is 5.00. The van der Waals surface area contributed by atoms with Crippen LogP contribution in [0.2, 0.25) is 10.0 Å². The SMILES string of the molecule is CCCCNC(=O)[C@@H](C)N(Cc1ccc(C)cc1)C(=O)CSCc1c(Cl)cccc1Cl. The standard InChI is InChI=1S/C24H30Cl2N2O2S/c1-4-5-13-27-24(30)18(3)28(14-19-11-9-17(2)10-12-19)23(29)16-31-15-20-21(25)7-6-8-22(20)26/h6-12,18H,4-5,13-16H2,1-3H3,(H,27,30)/t18-/m1/s1. The van der Waals surface area contributed by atoms with Crippen molar-refractivity contribution < 1.29 is 9.59 Å². The quantitative estimate of drug-likeness (QED) is 0.409. The Hall–Kier alpha value is -1.69. The van der Waals surface area contributed by atoms with Gasteiger partial charge in [-0.05, 0) is 43.5 Å². The third kappa shape index (κ3) is 8.06. The van der Waals surface area contributed by atoms with Gasteiger partial charge in [-0.3, -0.25) is 9.59 Å². The van der Waals surface area contributed by atoms with Gasteiger partial charge in [0.1, 0.15) is 6.04 Å². The van der Waals surface area contributed by atoms with Crippen LogP contribution in [-0.4, -0.2) is 35.1 Å². The van der Waals surface area contributed by atoms with Crippen molar-refractivity contribution in [3.05, 3.63) is 69.2 Å². The van der Waals surface area contributed by atoms with Crippen molar-refractivity contribution >= 4 is 46.8 Å². The molecule has 168 valence electrons. The Morgan fingerprint density at radius 1 is 1.10 bits per heavy atom. The minimum Gasteiger partial charge on any atom is -0.354 e. The molecular weight excluding hydrogens is 451 g/mol. The Bertz CT molecular complexity index is 854. The molecule has 1 atom stereocenters. The molecule has 0 unspecified atom stereocenters. The van der Waals surface area contributed by atoms with Crippen LogP contribution in [0, 0.1) is 6.92 Å². The highest BCUT2D eigenvalue weighted by atomic mass is 35.5. The van der Waals surface area contributed by atoms with Crippen molar-refractivity contribution in [3.63, 3.8) is 0 Å². The van der Waals surface area contributed by atoms with E-state index in [2.05, 4.69) is 12.2 Å². The molecule has 0 fully saturated rings. The predicted octanol–water partition coefficient (Wildman–Crippen LogP) is 5.87. The lowest BCUT2D eigenvalue weighted by molar-refractivity contribution is -0.138. The maximum absolute atomic E-state index is 13.1. The summed E-state index contributed by atoms with van der Waals surface area (Å²) in [7, 11) is 0. The van der Waals surface area contributed by atoms with Gasteiger partial charge in [-0.15, -0.1) is 11.8 Å². The molecule has 0 saturated carbocycles. The van der Waals surface area contributed by atoms with E-state index in [9.17, 15) is 9.59 Å². The predicted molar refractivity (Wildman–Crippen MR) is 132 cm³/mol. The molecule has 0 spiro atoms. The number of rotatable bonds is 11. The molecule has 7 heteroatoms. The molecule has 31 heavy (non-hydrogen) atoms. The first-order valence-corrected chi connectivity index (χ1v) is 12.4. The highest BCUT2D eigenvalue weighted by Gasteiger charge is 2.26. The molecule has 0 heterocycles. The summed E-state index contributed by atoms with van der Waals surface area (Å²) >= 11 is 13.9. The number of nitrogens with one attached hydrogen (secondary N) is 1. The Balaban J connectivity index is 2.07. The average molecular weight is 481 g/mol. The lowest BCUT2D eigenvalue weighted by Gasteiger charge is -2.29. The molecule has 0 radical (unpaired) electrons. The van der Waals surface area contributed by atoms with Gasteiger partial charge in [-0.2, -0.15) is 0 Å². The van der Waals surface area contributed by atoms with Crippen molar-refractivity contribution in [2.75, 3.05) is 12.3 Å². The third-order valence-corrected chi connectivity index (χ3v) is 6.66. The topological polar surface area (TPSA) is 49.4 Å². The number of halogens is 2. The largest absolute Gasteiger partial charge is 0.354 e. The molecule has 2 aromatic rings. The highest BCUT2D eigenvalue weighted by Crippen LogP contribution is 2.28. The maximum Gasteiger partial charge on any atom is 0.242 e. The van der Waals surface area contributed by atoms with Crippen LogP contribution in [0.5, 0.6) is 0 Å². The number of amides is 2. The fraction of sp³-hybridized carbons (Fsp3) is 0.417. The van der Waals surface area contributed by atoms with E-state index in [1.807, 2.05) is 31.2 Å². The fourth-order valence-corrected chi connectivity index (χ4v) is 4.65. The van der Waals surface area contributed by atoms with Gasteiger partial charge in [0.05, 0.1) is 5.75 Å². The molecule has 0 aliphatic carbocycles. The molecule has 0 bridgehead atoms. The Labute approximate surface area is 199 Å². The summed E-state index contributed by atoms with van der Waals surface area (Å²) in [5.41, 5.74) is 2.96. The zero-order chi connectivity index (χ0) is 22.8. The number of hydrogen-bond donors (Lipinski definition) is 1. The second-order valence-electron chi connectivity index (χ2n) is 7.52. The Kier molecular flexibility index (Phi) is 10.7. The minimum atomic E-state index is -0.560. The summed E-state index contributed by atoms with van der Waals surface area (Å²) in [6, 6.07) is 12.8. The van der Waals surface area contributed by atoms with Crippen LogP contribution in [0.15, 0.2) is 42.5 Å². The Morgan fingerprint density at radius 2 is 1.74 bits per heavy atom. The van der Waals surface area contributed by atoms with Crippen LogP contribution >= 0.6 is 35.0 Å². The molecule has 2 amide bonds. The van der Waals surface area contributed by atoms with E-state index in [1.165, 1.54) is 11.8 Å². The number of aryl methyl sites for hydroxylation is 1. The summed E-state index contributed by atoms with van der Waals surface area (Å²) in [6.07, 6.45) is 1.92. The van der Waals surface area contributed by atoms with Crippen LogP contribution < -0.4 is 5.32 Å². The first-order chi connectivity index (χ1) is 14.8. The number of benzene rings is 2. The van der Waals surface area contributed by atoms with E-state index < -0.39 is 6.04 Å². The van der Waals surface area contributed by atoms with Crippen molar-refractivity contribution in [3.8, 4) is 0 Å². The van der Waals surface area contributed by atoms with Gasteiger partial charge in [0.25, 0.3) is 0 Å². The number of nitrogens with zero attached hydrogens (tertiary/aromatic N) is 1. The molecular formula is C24H30Cl2N2O2S. The smallest absolute Gasteiger partial charge is 0.242 e. The van der Waals surface area contributed by atoms with Gasteiger partial charge >= 0.3 is 0 Å². The lowest BCUT2D eigenvalue weighted by atomic mass is 10.1. The van der Waals surface area contributed by atoms with E-state index in [0.29, 0.717) is 28.9 Å². The van der Waals surface area contributed by atoms with Crippen molar-refractivity contribution in [1.82, 2.24) is 10.2 Å². The second-order valence-corrected chi connectivity index (χ2v) is 9.32. The van der Waals surface area contributed by atoms with Crippen molar-refractivity contribution in [2.45, 2.75) is 52.0 Å². The summed E-state index contributed by atoms with van der Waals surface area (Å²) in [6.45, 7) is 6.88. The summed E-state index contributed by atoms with van der Waals surface area (Å²) in [5.74, 6) is 0.541. The summed E-state index contributed by atoms with van der Waals surface area (Å²) < 4.78 is 0. The van der Waals surface area contributed by atoms with E-state index >= 15 is 0 Å². The van der Waals surface area contributed by atoms with Gasteiger partial charge < -0.3 is 10.2 Å². The van der Waals surface area contributed by atoms with Crippen LogP contribution in [0.1, 0.15) is 43.4 Å². The molecule has 0 aliphatic heterocycles. The van der Waals surface area contributed by atoms with Gasteiger partial charge in [0.2, 0.25) is 11.8 Å². The lowest BCUT2D eigenvalue weighted by Crippen LogP contribution is -2.48. The fourth-order valence-electron chi connectivity index (χ4n) is 3.00. The van der Waals surface area contributed by atoms with Crippen LogP contribution in [0.25, 0.3) is 0 Å². The number of hydrogen-bond acceptors (Lipinski definition) is 3. The van der Waals surface area contributed by atoms with Gasteiger partial charge in [0, 0.05) is 28.9 Å². The van der Waals surface area contributed by atoms with Gasteiger partial charge in [-0.1, -0.05) is 72.4 Å². The first kappa shape index (κ1) is 25.6. The monoisotopic (exact) mass is 480 g/mol. The summed E-state index contributed by atoms with van der Waals surface area (Å²) in [5, 5.41) is 4.12. The molecule has 0 aromatic heterocycles. The van der Waals surface area contributed by atoms with Crippen molar-refractivity contribution in [1.29, 1.82) is 0 Å². The second kappa shape index (κ2) is 13.0. The normalized spacial score (nSPS) is 11.8.